The molecule has 2 aromatic carbocycles. The van der Waals surface area contributed by atoms with Crippen molar-refractivity contribution in [3.63, 3.8) is 0 Å². The third-order valence-corrected chi connectivity index (χ3v) is 10.6. The van der Waals surface area contributed by atoms with Crippen molar-refractivity contribution in [2.24, 2.45) is 23.7 Å². The van der Waals surface area contributed by atoms with Crippen LogP contribution in [0.5, 0.6) is 0 Å². The Morgan fingerprint density at radius 1 is 0.774 bits per heavy atom. The molecule has 0 N–H and O–H groups in total. The van der Waals surface area contributed by atoms with Gasteiger partial charge in [0.2, 0.25) is 0 Å². The quantitative estimate of drug-likeness (QED) is 0.231. The number of rotatable bonds is 4. The van der Waals surface area contributed by atoms with Gasteiger partial charge in [-0.1, -0.05) is 36.6 Å². The van der Waals surface area contributed by atoms with Gasteiger partial charge < -0.3 is 4.90 Å². The first kappa shape index (κ1) is 23.5. The number of hydrogen-bond acceptors (Lipinski definition) is 1. The summed E-state index contributed by atoms with van der Waals surface area (Å²) >= 11 is 0. The normalized spacial score (nSPS) is 32.7. The molecule has 4 aliphatic carbocycles. The van der Waals surface area contributed by atoms with Gasteiger partial charge in [0.25, 0.3) is 0 Å². The summed E-state index contributed by atoms with van der Waals surface area (Å²) < 4.78 is 0. The summed E-state index contributed by atoms with van der Waals surface area (Å²) in [5, 5.41) is 0. The van der Waals surface area contributed by atoms with Gasteiger partial charge in [0.1, 0.15) is 0 Å². The number of fused-ring (bicyclic) bond motifs is 4. The molecule has 0 spiro atoms. The van der Waals surface area contributed by atoms with Gasteiger partial charge in [0, 0.05) is 40.2 Å². The van der Waals surface area contributed by atoms with Crippen molar-refractivity contribution in [2.45, 2.75) is 62.7 Å². The van der Waals surface area contributed by atoms with E-state index in [9.17, 15) is 0 Å². The fraction of sp³-hybridized carbons (Fsp3) is 0.571. The molecule has 4 bridgehead atoms. The Morgan fingerprint density at radius 3 is 1.87 bits per heavy atom. The molecule has 170 valence electrons. The van der Waals surface area contributed by atoms with Crippen LogP contribution in [-0.4, -0.2) is 25.4 Å². The third kappa shape index (κ3) is 5.29. The van der Waals surface area contributed by atoms with E-state index in [2.05, 4.69) is 55.4 Å². The standard InChI is InChI=1S/C14H14N.C14H23P.Pd/c1-15(2)14-11-7-6-10-13(14)12-8-4-3-5-9-12;1-3-11-5-9(1)7-13(11)15-14-8-10-2-4-12(14)6-10;/h3-8,10-11H,1-2H3;9-15H,1-8H2;/q-1;;. The van der Waals surface area contributed by atoms with Crippen molar-refractivity contribution in [3.8, 4) is 11.1 Å². The largest absolute Gasteiger partial charge is 0.385 e. The first-order chi connectivity index (χ1) is 14.7. The molecule has 1 nitrogen and oxygen atoms in total. The summed E-state index contributed by atoms with van der Waals surface area (Å²) in [7, 11) is 5.49. The second-order valence-electron chi connectivity index (χ2n) is 10.4. The third-order valence-electron chi connectivity index (χ3n) is 8.29. The summed E-state index contributed by atoms with van der Waals surface area (Å²) in [5.41, 5.74) is 5.99. The molecule has 4 aliphatic rings. The monoisotopic (exact) mass is 524 g/mol. The molecule has 3 heteroatoms. The topological polar surface area (TPSA) is 3.24 Å². The van der Waals surface area contributed by atoms with E-state index in [0.717, 1.165) is 5.56 Å². The average molecular weight is 525 g/mol. The van der Waals surface area contributed by atoms with E-state index in [1.807, 2.05) is 18.2 Å². The number of hydrogen-bond donors (Lipinski definition) is 0. The van der Waals surface area contributed by atoms with Crippen LogP contribution in [0.3, 0.4) is 0 Å². The molecule has 6 atom stereocenters. The summed E-state index contributed by atoms with van der Waals surface area (Å²) in [6.07, 6.45) is 12.9. The zero-order valence-corrected chi connectivity index (χ0v) is 21.6. The first-order valence-electron chi connectivity index (χ1n) is 12.2. The van der Waals surface area contributed by atoms with Crippen LogP contribution in [-0.2, 0) is 20.4 Å². The molecule has 0 heterocycles. The molecule has 6 rings (SSSR count). The van der Waals surface area contributed by atoms with Crippen LogP contribution in [0.25, 0.3) is 11.1 Å². The second kappa shape index (κ2) is 10.5. The fourth-order valence-electron chi connectivity index (χ4n) is 6.82. The maximum absolute atomic E-state index is 3.25. The van der Waals surface area contributed by atoms with Gasteiger partial charge in [-0.15, -0.1) is 44.5 Å². The molecule has 0 amide bonds. The maximum atomic E-state index is 3.25. The molecule has 0 aliphatic heterocycles. The molecule has 2 aromatic rings. The van der Waals surface area contributed by atoms with Gasteiger partial charge in [0.15, 0.2) is 0 Å². The molecule has 31 heavy (non-hydrogen) atoms. The number of anilines is 1. The van der Waals surface area contributed by atoms with Gasteiger partial charge in [-0.2, -0.15) is 0 Å². The van der Waals surface area contributed by atoms with Crippen LogP contribution < -0.4 is 4.90 Å². The zero-order chi connectivity index (χ0) is 20.5. The SMILES string of the molecule is C1CC2CC1CC2PC1CC2CCC1C2.CN(C)c1ccccc1-c1[c-]cccc1.[Pd]. The molecular formula is C28H37NPPd-. The minimum atomic E-state index is 0. The minimum Gasteiger partial charge on any atom is -0.385 e. The molecular weight excluding hydrogens is 488 g/mol. The molecule has 4 saturated carbocycles. The van der Waals surface area contributed by atoms with Gasteiger partial charge in [0.05, 0.1) is 0 Å². The van der Waals surface area contributed by atoms with E-state index in [1.165, 1.54) is 54.8 Å². The molecule has 4 fully saturated rings. The van der Waals surface area contributed by atoms with Crippen LogP contribution in [0.1, 0.15) is 51.4 Å². The Bertz CT molecular complexity index is 812. The van der Waals surface area contributed by atoms with Gasteiger partial charge >= 0.3 is 0 Å². The predicted molar refractivity (Wildman–Crippen MR) is 132 cm³/mol. The van der Waals surface area contributed by atoms with Gasteiger partial charge in [-0.05, 0) is 79.6 Å². The Hall–Kier alpha value is -0.668. The van der Waals surface area contributed by atoms with Crippen LogP contribution in [0.2, 0.25) is 0 Å². The van der Waals surface area contributed by atoms with Crippen molar-refractivity contribution in [2.75, 3.05) is 19.0 Å². The summed E-state index contributed by atoms with van der Waals surface area (Å²) in [5.74, 6) is 4.72. The van der Waals surface area contributed by atoms with E-state index in [4.69, 9.17) is 0 Å². The number of para-hydroxylation sites is 1. The molecule has 0 aromatic heterocycles. The molecule has 6 unspecified atom stereocenters. The van der Waals surface area contributed by atoms with Crippen molar-refractivity contribution < 1.29 is 20.4 Å². The van der Waals surface area contributed by atoms with E-state index in [-0.39, 0.29) is 20.4 Å². The Balaban J connectivity index is 0.000000144. The summed E-state index contributed by atoms with van der Waals surface area (Å²) in [6, 6.07) is 19.7. The Labute approximate surface area is 205 Å². The smallest absolute Gasteiger partial charge is 0.00539 e. The van der Waals surface area contributed by atoms with Crippen molar-refractivity contribution in [3.05, 3.63) is 54.6 Å². The van der Waals surface area contributed by atoms with Crippen LogP contribution >= 0.6 is 8.58 Å². The summed E-state index contributed by atoms with van der Waals surface area (Å²) in [4.78, 5) is 2.12. The van der Waals surface area contributed by atoms with E-state index in [0.29, 0.717) is 0 Å². The van der Waals surface area contributed by atoms with E-state index >= 15 is 0 Å². The first-order valence-corrected chi connectivity index (χ1v) is 13.3. The van der Waals surface area contributed by atoms with Crippen molar-refractivity contribution >= 4 is 14.3 Å². The van der Waals surface area contributed by atoms with Crippen LogP contribution in [0.4, 0.5) is 5.69 Å². The van der Waals surface area contributed by atoms with Gasteiger partial charge in [-0.3, -0.25) is 0 Å². The average Bonchev–Trinajstić information content (AvgIpc) is 3.57. The van der Waals surface area contributed by atoms with Crippen LogP contribution in [0.15, 0.2) is 48.5 Å². The predicted octanol–water partition coefficient (Wildman–Crippen LogP) is 7.26. The van der Waals surface area contributed by atoms with E-state index in [1.54, 1.807) is 51.4 Å². The minimum absolute atomic E-state index is 0. The Morgan fingerprint density at radius 2 is 1.39 bits per heavy atom. The van der Waals surface area contributed by atoms with Crippen molar-refractivity contribution in [1.82, 2.24) is 0 Å². The fourth-order valence-corrected chi connectivity index (χ4v) is 9.46. The number of benzene rings is 2. The number of nitrogens with zero attached hydrogens (tertiary/aromatic N) is 1. The van der Waals surface area contributed by atoms with Gasteiger partial charge in [-0.25, -0.2) is 0 Å². The summed E-state index contributed by atoms with van der Waals surface area (Å²) in [6.45, 7) is 0. The van der Waals surface area contributed by atoms with Crippen LogP contribution in [0, 0.1) is 29.7 Å². The maximum Gasteiger partial charge on any atom is 0.00539 e. The molecule has 0 saturated heterocycles. The zero-order valence-electron chi connectivity index (χ0n) is 19.0. The van der Waals surface area contributed by atoms with Crippen molar-refractivity contribution in [1.29, 1.82) is 0 Å². The van der Waals surface area contributed by atoms with E-state index < -0.39 is 0 Å². The second-order valence-corrected chi connectivity index (χ2v) is 12.2. The Kier molecular flexibility index (Phi) is 7.96. The molecule has 0 radical (unpaired) electrons.